The van der Waals surface area contributed by atoms with Gasteiger partial charge >= 0.3 is 0 Å². The Morgan fingerprint density at radius 2 is 1.96 bits per heavy atom. The highest BCUT2D eigenvalue weighted by Gasteiger charge is 2.43. The van der Waals surface area contributed by atoms with E-state index in [0.717, 1.165) is 25.6 Å². The standard InChI is InChI=1S/C21H20N2O3S/c1-22-19(24)12-16(14-6-3-2-4-7-14)20(22)21(25)18-10-9-17(27-18)15-8-5-11-23(26)13-15/h2-11,13,16,20-21,25H,12H2,1H3. The molecule has 0 bridgehead atoms. The zero-order valence-corrected chi connectivity index (χ0v) is 15.7. The first kappa shape index (κ1) is 17.7. The second kappa shape index (κ2) is 7.13. The first-order chi connectivity index (χ1) is 13.0. The zero-order valence-electron chi connectivity index (χ0n) is 14.9. The van der Waals surface area contributed by atoms with E-state index in [1.165, 1.54) is 23.7 Å². The Kier molecular flexibility index (Phi) is 4.68. The molecule has 6 heteroatoms. The van der Waals surface area contributed by atoms with Crippen molar-refractivity contribution in [2.45, 2.75) is 24.5 Å². The second-order valence-corrected chi connectivity index (χ2v) is 7.93. The molecule has 4 rings (SSSR count). The number of aromatic nitrogens is 1. The topological polar surface area (TPSA) is 67.5 Å². The summed E-state index contributed by atoms with van der Waals surface area (Å²) in [5.41, 5.74) is 1.87. The lowest BCUT2D eigenvalue weighted by atomic mass is 9.88. The van der Waals surface area contributed by atoms with Gasteiger partial charge in [-0.1, -0.05) is 30.3 Å². The van der Waals surface area contributed by atoms with Gasteiger partial charge in [-0.15, -0.1) is 11.3 Å². The van der Waals surface area contributed by atoms with Crippen LogP contribution in [-0.2, 0) is 4.79 Å². The van der Waals surface area contributed by atoms with Crippen LogP contribution in [0.4, 0.5) is 0 Å². The molecule has 138 valence electrons. The predicted molar refractivity (Wildman–Crippen MR) is 104 cm³/mol. The third kappa shape index (κ3) is 3.34. The first-order valence-corrected chi connectivity index (χ1v) is 9.64. The highest BCUT2D eigenvalue weighted by molar-refractivity contribution is 7.15. The van der Waals surface area contributed by atoms with E-state index >= 15 is 0 Å². The van der Waals surface area contributed by atoms with Crippen molar-refractivity contribution >= 4 is 17.2 Å². The number of likely N-dealkylation sites (tertiary alicyclic amines) is 1. The summed E-state index contributed by atoms with van der Waals surface area (Å²) in [6.07, 6.45) is 2.57. The Morgan fingerprint density at radius 3 is 2.70 bits per heavy atom. The monoisotopic (exact) mass is 380 g/mol. The summed E-state index contributed by atoms with van der Waals surface area (Å²) in [5, 5.41) is 22.6. The number of aliphatic hydroxyl groups is 1. The Bertz CT molecular complexity index is 957. The minimum Gasteiger partial charge on any atom is -0.619 e. The molecule has 1 saturated heterocycles. The summed E-state index contributed by atoms with van der Waals surface area (Å²) in [7, 11) is 1.76. The Hall–Kier alpha value is -2.70. The third-order valence-corrected chi connectivity index (χ3v) is 6.38. The van der Waals surface area contributed by atoms with Gasteiger partial charge in [-0.05, 0) is 23.8 Å². The fraction of sp³-hybridized carbons (Fsp3) is 0.238. The van der Waals surface area contributed by atoms with Crippen LogP contribution in [-0.4, -0.2) is 29.0 Å². The van der Waals surface area contributed by atoms with E-state index in [9.17, 15) is 15.1 Å². The van der Waals surface area contributed by atoms with E-state index in [1.54, 1.807) is 18.0 Å². The van der Waals surface area contributed by atoms with E-state index in [1.807, 2.05) is 48.5 Å². The fourth-order valence-electron chi connectivity index (χ4n) is 3.77. The molecular formula is C21H20N2O3S. The smallest absolute Gasteiger partial charge is 0.223 e. The van der Waals surface area contributed by atoms with Gasteiger partial charge in [0, 0.05) is 35.2 Å². The average molecular weight is 380 g/mol. The van der Waals surface area contributed by atoms with Crippen LogP contribution in [0.15, 0.2) is 67.0 Å². The largest absolute Gasteiger partial charge is 0.619 e. The molecule has 0 saturated carbocycles. The number of carbonyl (C=O) groups is 1. The van der Waals surface area contributed by atoms with E-state index in [4.69, 9.17) is 0 Å². The molecule has 2 aromatic heterocycles. The highest BCUT2D eigenvalue weighted by atomic mass is 32.1. The summed E-state index contributed by atoms with van der Waals surface area (Å²) in [6, 6.07) is 16.9. The molecule has 1 aromatic carbocycles. The van der Waals surface area contributed by atoms with Crippen LogP contribution >= 0.6 is 11.3 Å². The summed E-state index contributed by atoms with van der Waals surface area (Å²) < 4.78 is 0.764. The van der Waals surface area contributed by atoms with Gasteiger partial charge in [-0.3, -0.25) is 4.79 Å². The van der Waals surface area contributed by atoms with Crippen LogP contribution in [0.3, 0.4) is 0 Å². The minimum absolute atomic E-state index is 0.0418. The Labute approximate surface area is 161 Å². The van der Waals surface area contributed by atoms with Crippen LogP contribution in [0.25, 0.3) is 10.4 Å². The number of likely N-dealkylation sites (N-methyl/N-ethyl adjacent to an activating group) is 1. The van der Waals surface area contributed by atoms with Gasteiger partial charge in [-0.2, -0.15) is 4.73 Å². The number of hydrogen-bond donors (Lipinski definition) is 1. The van der Waals surface area contributed by atoms with Crippen LogP contribution in [0.1, 0.15) is 28.9 Å². The maximum absolute atomic E-state index is 12.3. The van der Waals surface area contributed by atoms with E-state index < -0.39 is 6.10 Å². The van der Waals surface area contributed by atoms with Gasteiger partial charge < -0.3 is 15.2 Å². The first-order valence-electron chi connectivity index (χ1n) is 8.82. The molecule has 1 aliphatic heterocycles. The molecular weight excluding hydrogens is 360 g/mol. The number of aliphatic hydroxyl groups excluding tert-OH is 1. The predicted octanol–water partition coefficient (Wildman–Crippen LogP) is 3.10. The molecule has 0 radical (unpaired) electrons. The van der Waals surface area contributed by atoms with Gasteiger partial charge in [0.15, 0.2) is 12.4 Å². The molecule has 1 aliphatic rings. The fourth-order valence-corrected chi connectivity index (χ4v) is 4.80. The molecule has 3 aromatic rings. The molecule has 3 heterocycles. The number of hydrogen-bond acceptors (Lipinski definition) is 4. The molecule has 1 N–H and O–H groups in total. The lowest BCUT2D eigenvalue weighted by Crippen LogP contribution is -2.36. The van der Waals surface area contributed by atoms with Crippen molar-refractivity contribution in [1.29, 1.82) is 0 Å². The number of pyridine rings is 1. The van der Waals surface area contributed by atoms with Gasteiger partial charge in [-0.25, -0.2) is 0 Å². The molecule has 27 heavy (non-hydrogen) atoms. The number of carbonyl (C=O) groups excluding carboxylic acids is 1. The summed E-state index contributed by atoms with van der Waals surface area (Å²) in [6.45, 7) is 0. The van der Waals surface area contributed by atoms with E-state index in [0.29, 0.717) is 6.42 Å². The molecule has 1 amide bonds. The summed E-state index contributed by atoms with van der Waals surface area (Å²) in [5.74, 6) is -0.00934. The maximum Gasteiger partial charge on any atom is 0.223 e. The van der Waals surface area contributed by atoms with Gasteiger partial charge in [0.25, 0.3) is 0 Å². The number of benzene rings is 1. The molecule has 0 aliphatic carbocycles. The van der Waals surface area contributed by atoms with E-state index in [2.05, 4.69) is 0 Å². The van der Waals surface area contributed by atoms with Gasteiger partial charge in [0.05, 0.1) is 11.6 Å². The molecule has 1 fully saturated rings. The van der Waals surface area contributed by atoms with Crippen LogP contribution in [0, 0.1) is 5.21 Å². The minimum atomic E-state index is -0.784. The highest BCUT2D eigenvalue weighted by Crippen LogP contribution is 2.42. The van der Waals surface area contributed by atoms with Crippen LogP contribution in [0.5, 0.6) is 0 Å². The van der Waals surface area contributed by atoms with Crippen molar-refractivity contribution in [3.05, 3.63) is 82.6 Å². The quantitative estimate of drug-likeness (QED) is 0.559. The Balaban J connectivity index is 1.65. The normalized spacial score (nSPS) is 20.8. The van der Waals surface area contributed by atoms with E-state index in [-0.39, 0.29) is 17.9 Å². The van der Waals surface area contributed by atoms with Crippen LogP contribution < -0.4 is 4.73 Å². The zero-order chi connectivity index (χ0) is 19.0. The van der Waals surface area contributed by atoms with Crippen molar-refractivity contribution in [3.63, 3.8) is 0 Å². The molecule has 3 unspecified atom stereocenters. The number of rotatable bonds is 4. The maximum atomic E-state index is 12.3. The summed E-state index contributed by atoms with van der Waals surface area (Å²) >= 11 is 1.45. The number of nitrogens with zero attached hydrogens (tertiary/aromatic N) is 2. The second-order valence-electron chi connectivity index (χ2n) is 6.82. The van der Waals surface area contributed by atoms with Crippen molar-refractivity contribution in [2.75, 3.05) is 7.05 Å². The molecule has 5 nitrogen and oxygen atoms in total. The lowest BCUT2D eigenvalue weighted by molar-refractivity contribution is -0.604. The summed E-state index contributed by atoms with van der Waals surface area (Å²) in [4.78, 5) is 15.7. The van der Waals surface area contributed by atoms with Gasteiger partial charge in [0.1, 0.15) is 6.10 Å². The number of amides is 1. The van der Waals surface area contributed by atoms with Gasteiger partial charge in [0.2, 0.25) is 5.91 Å². The average Bonchev–Trinajstić information content (AvgIpc) is 3.28. The van der Waals surface area contributed by atoms with Crippen molar-refractivity contribution in [1.82, 2.24) is 4.90 Å². The SMILES string of the molecule is CN1C(=O)CC(c2ccccc2)C1C(O)c1ccc(-c2ccc[n+]([O-])c2)s1. The van der Waals surface area contributed by atoms with Crippen molar-refractivity contribution in [3.8, 4) is 10.4 Å². The van der Waals surface area contributed by atoms with Crippen LogP contribution in [0.2, 0.25) is 0 Å². The lowest BCUT2D eigenvalue weighted by Gasteiger charge is -2.29. The van der Waals surface area contributed by atoms with Crippen molar-refractivity contribution < 1.29 is 14.6 Å². The third-order valence-electron chi connectivity index (χ3n) is 5.18. The van der Waals surface area contributed by atoms with Crippen molar-refractivity contribution in [2.24, 2.45) is 0 Å². The molecule has 0 spiro atoms. The molecule has 3 atom stereocenters. The number of thiophene rings is 1. The Morgan fingerprint density at radius 1 is 1.19 bits per heavy atom.